The predicted octanol–water partition coefficient (Wildman–Crippen LogP) is 2.13. The molecule has 1 aromatic carbocycles. The van der Waals surface area contributed by atoms with Crippen LogP contribution in [-0.2, 0) is 4.79 Å². The molecule has 1 aliphatic rings. The maximum absolute atomic E-state index is 12.1. The Labute approximate surface area is 109 Å². The summed E-state index contributed by atoms with van der Waals surface area (Å²) in [7, 11) is 0. The third-order valence-corrected chi connectivity index (χ3v) is 3.66. The first-order chi connectivity index (χ1) is 8.58. The molecule has 3 nitrogen and oxygen atoms in total. The van der Waals surface area contributed by atoms with E-state index in [1.165, 1.54) is 5.56 Å². The Bertz CT molecular complexity index is 402. The van der Waals surface area contributed by atoms with Crippen molar-refractivity contribution in [2.45, 2.75) is 44.7 Å². The number of likely N-dealkylation sites (tertiary alicyclic amines) is 1. The smallest absolute Gasteiger partial charge is 0.224 e. The number of benzene rings is 1. The second-order valence-corrected chi connectivity index (χ2v) is 5.42. The van der Waals surface area contributed by atoms with E-state index in [4.69, 9.17) is 5.73 Å². The number of carbonyl (C=O) groups excluding carboxylic acids is 1. The van der Waals surface area contributed by atoms with Crippen LogP contribution in [0.15, 0.2) is 30.3 Å². The number of carbonyl (C=O) groups is 1. The highest BCUT2D eigenvalue weighted by Gasteiger charge is 2.32. The van der Waals surface area contributed by atoms with Crippen molar-refractivity contribution in [1.82, 2.24) is 4.90 Å². The van der Waals surface area contributed by atoms with Gasteiger partial charge in [-0.25, -0.2) is 0 Å². The number of nitrogens with two attached hydrogens (primary N) is 1. The van der Waals surface area contributed by atoms with Gasteiger partial charge in [0.15, 0.2) is 0 Å². The molecule has 0 saturated carbocycles. The van der Waals surface area contributed by atoms with Crippen molar-refractivity contribution in [2.24, 2.45) is 5.73 Å². The Morgan fingerprint density at radius 1 is 1.44 bits per heavy atom. The fourth-order valence-corrected chi connectivity index (χ4v) is 2.74. The quantitative estimate of drug-likeness (QED) is 0.888. The minimum absolute atomic E-state index is 0.0551. The summed E-state index contributed by atoms with van der Waals surface area (Å²) in [5.41, 5.74) is 7.04. The van der Waals surface area contributed by atoms with Crippen LogP contribution in [0.3, 0.4) is 0 Å². The molecule has 18 heavy (non-hydrogen) atoms. The number of hydrogen-bond donors (Lipinski definition) is 1. The van der Waals surface area contributed by atoms with Crippen LogP contribution in [0, 0.1) is 0 Å². The Balaban J connectivity index is 2.03. The molecule has 2 N–H and O–H groups in total. The normalized spacial score (nSPS) is 25.2. The largest absolute Gasteiger partial charge is 0.339 e. The molecule has 0 spiro atoms. The highest BCUT2D eigenvalue weighted by atomic mass is 16.2. The molecule has 1 aliphatic heterocycles. The molecule has 2 rings (SSSR count). The van der Waals surface area contributed by atoms with E-state index >= 15 is 0 Å². The first-order valence-corrected chi connectivity index (χ1v) is 6.68. The van der Waals surface area contributed by atoms with E-state index in [1.807, 2.05) is 17.9 Å². The van der Waals surface area contributed by atoms with E-state index in [2.05, 4.69) is 31.2 Å². The van der Waals surface area contributed by atoms with Crippen LogP contribution in [0.4, 0.5) is 0 Å². The van der Waals surface area contributed by atoms with Crippen molar-refractivity contribution in [1.29, 1.82) is 0 Å². The van der Waals surface area contributed by atoms with Gasteiger partial charge in [-0.15, -0.1) is 0 Å². The molecule has 0 aromatic heterocycles. The molecular formula is C15H22N2O. The molecule has 1 amide bonds. The van der Waals surface area contributed by atoms with Crippen molar-refractivity contribution < 1.29 is 4.79 Å². The van der Waals surface area contributed by atoms with Crippen LogP contribution in [-0.4, -0.2) is 29.4 Å². The van der Waals surface area contributed by atoms with Gasteiger partial charge in [-0.1, -0.05) is 30.3 Å². The van der Waals surface area contributed by atoms with Crippen molar-refractivity contribution in [3.63, 3.8) is 0 Å². The average Bonchev–Trinajstić information content (AvgIpc) is 2.72. The summed E-state index contributed by atoms with van der Waals surface area (Å²) in [6, 6.07) is 10.7. The average molecular weight is 246 g/mol. The summed E-state index contributed by atoms with van der Waals surface area (Å²) in [5.74, 6) is 0.661. The van der Waals surface area contributed by atoms with E-state index in [0.29, 0.717) is 18.4 Å². The van der Waals surface area contributed by atoms with Gasteiger partial charge in [0, 0.05) is 31.0 Å². The fourth-order valence-electron chi connectivity index (χ4n) is 2.74. The molecule has 3 atom stereocenters. The molecule has 3 unspecified atom stereocenters. The van der Waals surface area contributed by atoms with Gasteiger partial charge in [-0.05, 0) is 25.8 Å². The minimum atomic E-state index is -0.0551. The first kappa shape index (κ1) is 13.1. The first-order valence-electron chi connectivity index (χ1n) is 6.68. The summed E-state index contributed by atoms with van der Waals surface area (Å²) < 4.78 is 0. The molecule has 1 aromatic rings. The van der Waals surface area contributed by atoms with Gasteiger partial charge >= 0.3 is 0 Å². The number of hydrogen-bond acceptors (Lipinski definition) is 2. The Morgan fingerprint density at radius 3 is 2.72 bits per heavy atom. The van der Waals surface area contributed by atoms with E-state index in [1.54, 1.807) is 0 Å². The molecule has 0 bridgehead atoms. The number of nitrogens with zero attached hydrogens (tertiary/aromatic N) is 1. The van der Waals surface area contributed by atoms with Crippen molar-refractivity contribution in [2.75, 3.05) is 6.54 Å². The number of rotatable bonds is 3. The lowest BCUT2D eigenvalue weighted by molar-refractivity contribution is -0.132. The highest BCUT2D eigenvalue weighted by Crippen LogP contribution is 2.31. The van der Waals surface area contributed by atoms with Crippen LogP contribution in [0.1, 0.15) is 38.2 Å². The maximum atomic E-state index is 12.1. The summed E-state index contributed by atoms with van der Waals surface area (Å²) >= 11 is 0. The molecule has 1 saturated heterocycles. The van der Waals surface area contributed by atoms with Crippen LogP contribution in [0.5, 0.6) is 0 Å². The zero-order valence-corrected chi connectivity index (χ0v) is 11.2. The Hall–Kier alpha value is -1.35. The molecular weight excluding hydrogens is 224 g/mol. The molecule has 3 heteroatoms. The van der Waals surface area contributed by atoms with Crippen molar-refractivity contribution in [3.05, 3.63) is 35.9 Å². The van der Waals surface area contributed by atoms with Crippen LogP contribution < -0.4 is 5.73 Å². The van der Waals surface area contributed by atoms with E-state index in [0.717, 1.165) is 13.0 Å². The third-order valence-electron chi connectivity index (χ3n) is 3.66. The monoisotopic (exact) mass is 246 g/mol. The van der Waals surface area contributed by atoms with Crippen LogP contribution in [0.25, 0.3) is 0 Å². The zero-order valence-electron chi connectivity index (χ0n) is 11.2. The highest BCUT2D eigenvalue weighted by molar-refractivity contribution is 5.77. The third kappa shape index (κ3) is 2.91. The summed E-state index contributed by atoms with van der Waals surface area (Å²) in [5, 5.41) is 0. The predicted molar refractivity (Wildman–Crippen MR) is 73.2 cm³/mol. The Morgan fingerprint density at radius 2 is 2.11 bits per heavy atom. The topological polar surface area (TPSA) is 46.3 Å². The molecule has 98 valence electrons. The summed E-state index contributed by atoms with van der Waals surface area (Å²) in [6.07, 6.45) is 1.50. The second kappa shape index (κ2) is 5.53. The van der Waals surface area contributed by atoms with Gasteiger partial charge in [-0.3, -0.25) is 4.79 Å². The van der Waals surface area contributed by atoms with Gasteiger partial charge in [0.1, 0.15) is 0 Å². The van der Waals surface area contributed by atoms with Crippen molar-refractivity contribution in [3.8, 4) is 0 Å². The molecule has 0 aliphatic carbocycles. The van der Waals surface area contributed by atoms with E-state index in [-0.39, 0.29) is 11.9 Å². The zero-order chi connectivity index (χ0) is 13.1. The summed E-state index contributed by atoms with van der Waals surface area (Å²) in [4.78, 5) is 14.1. The van der Waals surface area contributed by atoms with E-state index in [9.17, 15) is 4.79 Å². The Kier molecular flexibility index (Phi) is 4.02. The van der Waals surface area contributed by atoms with Crippen LogP contribution in [0.2, 0.25) is 0 Å². The standard InChI is InChI=1S/C15H22N2O/c1-11(16)8-15(18)17-10-14(9-12(17)2)13-6-4-3-5-7-13/h3-7,11-12,14H,8-10,16H2,1-2H3. The lowest BCUT2D eigenvalue weighted by Crippen LogP contribution is -2.37. The minimum Gasteiger partial charge on any atom is -0.339 e. The number of amides is 1. The molecule has 1 heterocycles. The SMILES string of the molecule is CC(N)CC(=O)N1CC(c2ccccc2)CC1C. The van der Waals surface area contributed by atoms with Gasteiger partial charge < -0.3 is 10.6 Å². The second-order valence-electron chi connectivity index (χ2n) is 5.42. The van der Waals surface area contributed by atoms with E-state index < -0.39 is 0 Å². The van der Waals surface area contributed by atoms with Crippen molar-refractivity contribution >= 4 is 5.91 Å². The lowest BCUT2D eigenvalue weighted by atomic mass is 9.97. The fraction of sp³-hybridized carbons (Fsp3) is 0.533. The molecule has 1 fully saturated rings. The van der Waals surface area contributed by atoms with Gasteiger partial charge in [0.25, 0.3) is 0 Å². The summed E-state index contributed by atoms with van der Waals surface area (Å²) in [6.45, 7) is 4.84. The van der Waals surface area contributed by atoms with Crippen LogP contribution >= 0.6 is 0 Å². The lowest BCUT2D eigenvalue weighted by Gasteiger charge is -2.22. The van der Waals surface area contributed by atoms with Gasteiger partial charge in [-0.2, -0.15) is 0 Å². The van der Waals surface area contributed by atoms with Gasteiger partial charge in [0.05, 0.1) is 0 Å². The maximum Gasteiger partial charge on any atom is 0.224 e. The van der Waals surface area contributed by atoms with Gasteiger partial charge in [0.2, 0.25) is 5.91 Å². The molecule has 0 radical (unpaired) electrons.